The van der Waals surface area contributed by atoms with Gasteiger partial charge in [-0.3, -0.25) is 0 Å². The number of nitrogens with one attached hydrogen (secondary N) is 1. The van der Waals surface area contributed by atoms with Crippen molar-refractivity contribution in [1.82, 2.24) is 5.32 Å². The van der Waals surface area contributed by atoms with Gasteiger partial charge in [0.05, 0.1) is 0 Å². The second kappa shape index (κ2) is 7.78. The highest BCUT2D eigenvalue weighted by Gasteiger charge is 2.12. The molecule has 1 nitrogen and oxygen atoms in total. The standard InChI is InChI=1S/C16H16ClF2NS/c1-20-13(8-11-6-7-12(18)9-14(11)17)10-21-16-5-3-2-4-15(16)19/h2-7,9,13,20H,8,10H2,1H3. The molecule has 2 aromatic carbocycles. The van der Waals surface area contributed by atoms with Gasteiger partial charge in [0.1, 0.15) is 11.6 Å². The van der Waals surface area contributed by atoms with Crippen LogP contribution in [0.25, 0.3) is 0 Å². The topological polar surface area (TPSA) is 12.0 Å². The number of halogens is 3. The highest BCUT2D eigenvalue weighted by atomic mass is 35.5. The Morgan fingerprint density at radius 3 is 2.62 bits per heavy atom. The van der Waals surface area contributed by atoms with E-state index in [9.17, 15) is 8.78 Å². The predicted molar refractivity (Wildman–Crippen MR) is 85.1 cm³/mol. The van der Waals surface area contributed by atoms with Crippen molar-refractivity contribution in [2.24, 2.45) is 0 Å². The Labute approximate surface area is 132 Å². The average Bonchev–Trinajstić information content (AvgIpc) is 2.47. The Bertz CT molecular complexity index is 607. The minimum absolute atomic E-state index is 0.123. The molecule has 0 aliphatic rings. The molecule has 1 N–H and O–H groups in total. The largest absolute Gasteiger partial charge is 0.316 e. The molecule has 2 rings (SSSR count). The van der Waals surface area contributed by atoms with E-state index in [1.54, 1.807) is 18.2 Å². The maximum Gasteiger partial charge on any atom is 0.136 e. The van der Waals surface area contributed by atoms with Crippen molar-refractivity contribution in [3.05, 3.63) is 64.7 Å². The minimum atomic E-state index is -0.342. The molecular formula is C16H16ClF2NS. The van der Waals surface area contributed by atoms with E-state index in [2.05, 4.69) is 5.32 Å². The molecule has 0 aromatic heterocycles. The van der Waals surface area contributed by atoms with Crippen molar-refractivity contribution in [3.8, 4) is 0 Å². The lowest BCUT2D eigenvalue weighted by molar-refractivity contribution is 0.597. The quantitative estimate of drug-likeness (QED) is 0.782. The average molecular weight is 328 g/mol. The minimum Gasteiger partial charge on any atom is -0.316 e. The highest BCUT2D eigenvalue weighted by molar-refractivity contribution is 7.99. The van der Waals surface area contributed by atoms with Gasteiger partial charge in [-0.05, 0) is 43.3 Å². The number of likely N-dealkylation sites (N-methyl/N-ethyl adjacent to an activating group) is 1. The summed E-state index contributed by atoms with van der Waals surface area (Å²) in [4.78, 5) is 0.628. The normalized spacial score (nSPS) is 12.4. The van der Waals surface area contributed by atoms with Crippen LogP contribution in [0.1, 0.15) is 5.56 Å². The fourth-order valence-electron chi connectivity index (χ4n) is 1.95. The Hall–Kier alpha value is -1.10. The Morgan fingerprint density at radius 2 is 1.95 bits per heavy atom. The van der Waals surface area contributed by atoms with Gasteiger partial charge in [0.2, 0.25) is 0 Å². The molecule has 0 amide bonds. The fraction of sp³-hybridized carbons (Fsp3) is 0.250. The van der Waals surface area contributed by atoms with Crippen LogP contribution in [0.3, 0.4) is 0 Å². The molecular weight excluding hydrogens is 312 g/mol. The monoisotopic (exact) mass is 327 g/mol. The number of hydrogen-bond donors (Lipinski definition) is 1. The molecule has 0 saturated heterocycles. The summed E-state index contributed by atoms with van der Waals surface area (Å²) in [6.07, 6.45) is 0.664. The summed E-state index contributed by atoms with van der Waals surface area (Å²) < 4.78 is 26.6. The zero-order valence-electron chi connectivity index (χ0n) is 11.6. The first-order valence-corrected chi connectivity index (χ1v) is 7.95. The number of rotatable bonds is 6. The van der Waals surface area contributed by atoms with Gasteiger partial charge in [0, 0.05) is 21.7 Å². The first kappa shape index (κ1) is 16.3. The molecule has 0 saturated carbocycles. The van der Waals surface area contributed by atoms with Gasteiger partial charge in [-0.25, -0.2) is 8.78 Å². The first-order chi connectivity index (χ1) is 10.1. The van der Waals surface area contributed by atoms with Gasteiger partial charge >= 0.3 is 0 Å². The van der Waals surface area contributed by atoms with Gasteiger partial charge in [-0.2, -0.15) is 0 Å². The summed E-state index contributed by atoms with van der Waals surface area (Å²) in [6, 6.07) is 11.2. The van der Waals surface area contributed by atoms with Gasteiger partial charge < -0.3 is 5.32 Å². The molecule has 1 unspecified atom stereocenters. The summed E-state index contributed by atoms with van der Waals surface area (Å²) >= 11 is 7.49. The molecule has 0 spiro atoms. The highest BCUT2D eigenvalue weighted by Crippen LogP contribution is 2.24. The smallest absolute Gasteiger partial charge is 0.136 e. The fourth-order valence-corrected chi connectivity index (χ4v) is 3.24. The van der Waals surface area contributed by atoms with E-state index in [4.69, 9.17) is 11.6 Å². The lowest BCUT2D eigenvalue weighted by atomic mass is 10.1. The molecule has 5 heteroatoms. The molecule has 0 fully saturated rings. The summed E-state index contributed by atoms with van der Waals surface area (Å²) in [6.45, 7) is 0. The Balaban J connectivity index is 1.99. The second-order valence-corrected chi connectivity index (χ2v) is 6.14. The van der Waals surface area contributed by atoms with Crippen LogP contribution in [0.5, 0.6) is 0 Å². The first-order valence-electron chi connectivity index (χ1n) is 6.58. The lowest BCUT2D eigenvalue weighted by Crippen LogP contribution is -2.30. The van der Waals surface area contributed by atoms with Crippen molar-refractivity contribution >= 4 is 23.4 Å². The maximum atomic E-state index is 13.6. The van der Waals surface area contributed by atoms with E-state index in [1.165, 1.54) is 30.0 Å². The molecule has 21 heavy (non-hydrogen) atoms. The van der Waals surface area contributed by atoms with E-state index in [0.29, 0.717) is 22.1 Å². The van der Waals surface area contributed by atoms with E-state index in [-0.39, 0.29) is 17.7 Å². The number of benzene rings is 2. The summed E-state index contributed by atoms with van der Waals surface area (Å²) in [5.74, 6) is 0.146. The van der Waals surface area contributed by atoms with Crippen LogP contribution >= 0.6 is 23.4 Å². The summed E-state index contributed by atoms with van der Waals surface area (Å²) in [5.41, 5.74) is 0.881. The van der Waals surface area contributed by atoms with Crippen LogP contribution < -0.4 is 5.32 Å². The molecule has 0 aliphatic heterocycles. The molecule has 0 radical (unpaired) electrons. The molecule has 0 heterocycles. The van der Waals surface area contributed by atoms with Crippen molar-refractivity contribution < 1.29 is 8.78 Å². The van der Waals surface area contributed by atoms with Crippen molar-refractivity contribution in [2.75, 3.05) is 12.8 Å². The molecule has 2 aromatic rings. The van der Waals surface area contributed by atoms with Crippen LogP contribution in [-0.2, 0) is 6.42 Å². The van der Waals surface area contributed by atoms with Crippen LogP contribution in [-0.4, -0.2) is 18.8 Å². The Kier molecular flexibility index (Phi) is 6.03. The van der Waals surface area contributed by atoms with Crippen molar-refractivity contribution in [1.29, 1.82) is 0 Å². The van der Waals surface area contributed by atoms with E-state index in [0.717, 1.165) is 5.56 Å². The molecule has 0 bridgehead atoms. The Morgan fingerprint density at radius 1 is 1.19 bits per heavy atom. The van der Waals surface area contributed by atoms with Gasteiger partial charge in [0.25, 0.3) is 0 Å². The van der Waals surface area contributed by atoms with E-state index >= 15 is 0 Å². The SMILES string of the molecule is CNC(CSc1ccccc1F)Cc1ccc(F)cc1Cl. The third-order valence-electron chi connectivity index (χ3n) is 3.17. The third kappa shape index (κ3) is 4.70. The predicted octanol–water partition coefficient (Wildman–Crippen LogP) is 4.54. The van der Waals surface area contributed by atoms with E-state index in [1.807, 2.05) is 13.1 Å². The zero-order chi connectivity index (χ0) is 15.2. The molecule has 1 atom stereocenters. The summed E-state index contributed by atoms with van der Waals surface area (Å²) in [7, 11) is 1.85. The van der Waals surface area contributed by atoms with Crippen LogP contribution in [0, 0.1) is 11.6 Å². The van der Waals surface area contributed by atoms with Gasteiger partial charge in [0.15, 0.2) is 0 Å². The number of thioether (sulfide) groups is 1. The van der Waals surface area contributed by atoms with E-state index < -0.39 is 0 Å². The van der Waals surface area contributed by atoms with Crippen LogP contribution in [0.4, 0.5) is 8.78 Å². The maximum absolute atomic E-state index is 13.6. The van der Waals surface area contributed by atoms with Crippen molar-refractivity contribution in [3.63, 3.8) is 0 Å². The van der Waals surface area contributed by atoms with Crippen molar-refractivity contribution in [2.45, 2.75) is 17.4 Å². The second-order valence-electron chi connectivity index (χ2n) is 4.67. The van der Waals surface area contributed by atoms with Crippen LogP contribution in [0.15, 0.2) is 47.4 Å². The molecule has 0 aliphatic carbocycles. The van der Waals surface area contributed by atoms with Gasteiger partial charge in [-0.1, -0.05) is 29.8 Å². The number of hydrogen-bond acceptors (Lipinski definition) is 2. The van der Waals surface area contributed by atoms with Gasteiger partial charge in [-0.15, -0.1) is 11.8 Å². The molecule has 112 valence electrons. The zero-order valence-corrected chi connectivity index (χ0v) is 13.1. The lowest BCUT2D eigenvalue weighted by Gasteiger charge is -2.17. The summed E-state index contributed by atoms with van der Waals surface area (Å²) in [5, 5.41) is 3.61. The third-order valence-corrected chi connectivity index (χ3v) is 4.73. The van der Waals surface area contributed by atoms with Crippen LogP contribution in [0.2, 0.25) is 5.02 Å².